The number of methoxy groups -OCH3 is 1. The maximum atomic E-state index is 11.2. The Labute approximate surface area is 92.0 Å². The van der Waals surface area contributed by atoms with Crippen molar-refractivity contribution in [2.45, 2.75) is 38.8 Å². The molecule has 0 bridgehead atoms. The van der Waals surface area contributed by atoms with Crippen LogP contribution in [0, 0.1) is 0 Å². The van der Waals surface area contributed by atoms with Gasteiger partial charge < -0.3 is 10.1 Å². The van der Waals surface area contributed by atoms with Crippen molar-refractivity contribution in [2.24, 2.45) is 0 Å². The Morgan fingerprint density at radius 2 is 2.33 bits per heavy atom. The molecule has 15 heavy (non-hydrogen) atoms. The molecule has 0 aliphatic carbocycles. The Hall–Kier alpha value is -0.610. The largest absolute Gasteiger partial charge is 0.468 e. The van der Waals surface area contributed by atoms with Crippen molar-refractivity contribution in [1.29, 1.82) is 0 Å². The number of ether oxygens (including phenoxy) is 1. The Kier molecular flexibility index (Phi) is 5.05. The third kappa shape index (κ3) is 4.18. The van der Waals surface area contributed by atoms with Gasteiger partial charge in [0.1, 0.15) is 0 Å². The molecule has 1 aliphatic rings. The normalized spacial score (nSPS) is 21.3. The molecule has 0 radical (unpaired) electrons. The van der Waals surface area contributed by atoms with E-state index in [9.17, 15) is 4.79 Å². The molecule has 1 rings (SSSR count). The van der Waals surface area contributed by atoms with Crippen LogP contribution < -0.4 is 5.32 Å². The first-order chi connectivity index (χ1) is 7.13. The number of carbonyl (C=O) groups is 1. The zero-order valence-electron chi connectivity index (χ0n) is 9.95. The minimum Gasteiger partial charge on any atom is -0.468 e. The molecular formula is C11H22N2O2. The Morgan fingerprint density at radius 3 is 2.80 bits per heavy atom. The van der Waals surface area contributed by atoms with Gasteiger partial charge in [0, 0.05) is 18.6 Å². The van der Waals surface area contributed by atoms with Gasteiger partial charge in [0.25, 0.3) is 0 Å². The van der Waals surface area contributed by atoms with Crippen LogP contribution in [0.25, 0.3) is 0 Å². The maximum Gasteiger partial charge on any atom is 0.319 e. The number of rotatable bonds is 5. The molecule has 1 aliphatic heterocycles. The van der Waals surface area contributed by atoms with Gasteiger partial charge in [0.05, 0.1) is 13.7 Å². The molecule has 0 aromatic heterocycles. The summed E-state index contributed by atoms with van der Waals surface area (Å²) in [5.41, 5.74) is 0. The SMILES string of the molecule is COC(=O)CN(CC1CCCN1)C(C)C. The van der Waals surface area contributed by atoms with E-state index in [4.69, 9.17) is 4.74 Å². The summed E-state index contributed by atoms with van der Waals surface area (Å²) >= 11 is 0. The van der Waals surface area contributed by atoms with Crippen molar-refractivity contribution in [1.82, 2.24) is 10.2 Å². The molecular weight excluding hydrogens is 192 g/mol. The second-order valence-corrected chi connectivity index (χ2v) is 4.39. The molecule has 0 saturated carbocycles. The monoisotopic (exact) mass is 214 g/mol. The fourth-order valence-electron chi connectivity index (χ4n) is 1.88. The summed E-state index contributed by atoms with van der Waals surface area (Å²) in [4.78, 5) is 13.4. The van der Waals surface area contributed by atoms with E-state index in [1.807, 2.05) is 0 Å². The van der Waals surface area contributed by atoms with Gasteiger partial charge in [-0.2, -0.15) is 0 Å². The highest BCUT2D eigenvalue weighted by Crippen LogP contribution is 2.09. The van der Waals surface area contributed by atoms with Gasteiger partial charge in [-0.1, -0.05) is 0 Å². The number of carbonyl (C=O) groups excluding carboxylic acids is 1. The molecule has 88 valence electrons. The van der Waals surface area contributed by atoms with Crippen molar-refractivity contribution < 1.29 is 9.53 Å². The lowest BCUT2D eigenvalue weighted by molar-refractivity contribution is -0.142. The molecule has 1 N–H and O–H groups in total. The Morgan fingerprint density at radius 1 is 1.60 bits per heavy atom. The summed E-state index contributed by atoms with van der Waals surface area (Å²) in [6.45, 7) is 6.66. The van der Waals surface area contributed by atoms with Crippen molar-refractivity contribution in [2.75, 3.05) is 26.7 Å². The lowest BCUT2D eigenvalue weighted by Gasteiger charge is -2.28. The van der Waals surface area contributed by atoms with E-state index < -0.39 is 0 Å². The highest BCUT2D eigenvalue weighted by molar-refractivity contribution is 5.71. The van der Waals surface area contributed by atoms with Gasteiger partial charge >= 0.3 is 5.97 Å². The summed E-state index contributed by atoms with van der Waals surface area (Å²) in [5, 5.41) is 3.44. The van der Waals surface area contributed by atoms with Crippen LogP contribution in [0.5, 0.6) is 0 Å². The van der Waals surface area contributed by atoms with Gasteiger partial charge in [-0.05, 0) is 33.2 Å². The summed E-state index contributed by atoms with van der Waals surface area (Å²) in [7, 11) is 1.44. The fourth-order valence-corrected chi connectivity index (χ4v) is 1.88. The molecule has 0 aromatic rings. The first-order valence-electron chi connectivity index (χ1n) is 5.67. The van der Waals surface area contributed by atoms with E-state index >= 15 is 0 Å². The number of esters is 1. The van der Waals surface area contributed by atoms with Crippen LogP contribution in [0.15, 0.2) is 0 Å². The van der Waals surface area contributed by atoms with Gasteiger partial charge in [0.2, 0.25) is 0 Å². The molecule has 0 aromatic carbocycles. The van der Waals surface area contributed by atoms with E-state index in [1.54, 1.807) is 0 Å². The first-order valence-corrected chi connectivity index (χ1v) is 5.67. The molecule has 0 amide bonds. The van der Waals surface area contributed by atoms with Crippen LogP contribution in [-0.4, -0.2) is 49.7 Å². The van der Waals surface area contributed by atoms with Crippen molar-refractivity contribution in [3.05, 3.63) is 0 Å². The van der Waals surface area contributed by atoms with Gasteiger partial charge in [-0.25, -0.2) is 0 Å². The maximum absolute atomic E-state index is 11.2. The molecule has 4 heteroatoms. The van der Waals surface area contributed by atoms with Crippen LogP contribution in [0.4, 0.5) is 0 Å². The number of nitrogens with zero attached hydrogens (tertiary/aromatic N) is 1. The minimum absolute atomic E-state index is 0.151. The first kappa shape index (κ1) is 12.5. The summed E-state index contributed by atoms with van der Waals surface area (Å²) in [6, 6.07) is 0.920. The average Bonchev–Trinajstić information content (AvgIpc) is 2.69. The van der Waals surface area contributed by atoms with Crippen molar-refractivity contribution in [3.63, 3.8) is 0 Å². The van der Waals surface area contributed by atoms with Crippen molar-refractivity contribution in [3.8, 4) is 0 Å². The van der Waals surface area contributed by atoms with E-state index in [0.717, 1.165) is 13.1 Å². The van der Waals surface area contributed by atoms with Crippen LogP contribution in [-0.2, 0) is 9.53 Å². The number of nitrogens with one attached hydrogen (secondary N) is 1. The summed E-state index contributed by atoms with van der Waals surface area (Å²) in [6.07, 6.45) is 2.46. The average molecular weight is 214 g/mol. The van der Waals surface area contributed by atoms with Crippen LogP contribution in [0.3, 0.4) is 0 Å². The second kappa shape index (κ2) is 6.08. The molecule has 4 nitrogen and oxygen atoms in total. The zero-order chi connectivity index (χ0) is 11.3. The van der Waals surface area contributed by atoms with Gasteiger partial charge in [-0.3, -0.25) is 9.69 Å². The quantitative estimate of drug-likeness (QED) is 0.681. The van der Waals surface area contributed by atoms with E-state index in [0.29, 0.717) is 18.6 Å². The van der Waals surface area contributed by atoms with Gasteiger partial charge in [0.15, 0.2) is 0 Å². The number of hydrogen-bond acceptors (Lipinski definition) is 4. The topological polar surface area (TPSA) is 41.6 Å². The van der Waals surface area contributed by atoms with Gasteiger partial charge in [-0.15, -0.1) is 0 Å². The molecule has 1 atom stereocenters. The van der Waals surface area contributed by atoms with Crippen molar-refractivity contribution >= 4 is 5.97 Å². The van der Waals surface area contributed by atoms with Crippen LogP contribution in [0.2, 0.25) is 0 Å². The summed E-state index contributed by atoms with van der Waals surface area (Å²) < 4.78 is 4.69. The van der Waals surface area contributed by atoms with Crippen LogP contribution >= 0.6 is 0 Å². The number of hydrogen-bond donors (Lipinski definition) is 1. The molecule has 1 heterocycles. The second-order valence-electron chi connectivity index (χ2n) is 4.39. The lowest BCUT2D eigenvalue weighted by atomic mass is 10.2. The highest BCUT2D eigenvalue weighted by Gasteiger charge is 2.21. The predicted molar refractivity (Wildman–Crippen MR) is 59.7 cm³/mol. The lowest BCUT2D eigenvalue weighted by Crippen LogP contribution is -2.43. The third-order valence-corrected chi connectivity index (χ3v) is 2.91. The summed E-state index contributed by atoms with van der Waals surface area (Å²) in [5.74, 6) is -0.151. The smallest absolute Gasteiger partial charge is 0.319 e. The highest BCUT2D eigenvalue weighted by atomic mass is 16.5. The third-order valence-electron chi connectivity index (χ3n) is 2.91. The van der Waals surface area contributed by atoms with E-state index in [2.05, 4.69) is 24.1 Å². The van der Waals surface area contributed by atoms with Crippen LogP contribution in [0.1, 0.15) is 26.7 Å². The minimum atomic E-state index is -0.151. The molecule has 1 unspecified atom stereocenters. The zero-order valence-corrected chi connectivity index (χ0v) is 9.95. The van der Waals surface area contributed by atoms with E-state index in [1.165, 1.54) is 20.0 Å². The fraction of sp³-hybridized carbons (Fsp3) is 0.909. The van der Waals surface area contributed by atoms with E-state index in [-0.39, 0.29) is 5.97 Å². The molecule has 1 fully saturated rings. The standard InChI is InChI=1S/C11H22N2O2/c1-9(2)13(8-11(14)15-3)7-10-5-4-6-12-10/h9-10,12H,4-8H2,1-3H3. The Bertz CT molecular complexity index is 201. The predicted octanol–water partition coefficient (Wildman–Crippen LogP) is 0.622. The Balaban J connectivity index is 2.38. The molecule has 1 saturated heterocycles. The molecule has 0 spiro atoms.